The molecule has 7 nitrogen and oxygen atoms in total. The first-order valence-electron chi connectivity index (χ1n) is 7.44. The van der Waals surface area contributed by atoms with Gasteiger partial charge in [-0.25, -0.2) is 4.79 Å². The number of carbonyl (C=O) groups excluding carboxylic acids is 1. The molecule has 1 unspecified atom stereocenters. The predicted molar refractivity (Wildman–Crippen MR) is 86.8 cm³/mol. The Kier molecular flexibility index (Phi) is 4.01. The molecule has 1 aliphatic rings. The summed E-state index contributed by atoms with van der Waals surface area (Å²) in [5, 5.41) is 15.9. The second-order valence-corrected chi connectivity index (χ2v) is 5.50. The highest BCUT2D eigenvalue weighted by Gasteiger charge is 2.26. The lowest BCUT2D eigenvalue weighted by Gasteiger charge is -2.17. The maximum absolute atomic E-state index is 12.0. The van der Waals surface area contributed by atoms with Crippen molar-refractivity contribution in [3.05, 3.63) is 36.0 Å². The van der Waals surface area contributed by atoms with E-state index >= 15 is 0 Å². The van der Waals surface area contributed by atoms with Gasteiger partial charge in [0.2, 0.25) is 0 Å². The SMILES string of the molecule is CNC(=O)c1ccc(NC2CCN(C(=O)O)C2)c2cccnc12. The molecule has 1 aromatic carbocycles. The minimum absolute atomic E-state index is 0.0559. The van der Waals surface area contributed by atoms with Crippen LogP contribution in [0.5, 0.6) is 0 Å². The Balaban J connectivity index is 1.91. The van der Waals surface area contributed by atoms with Crippen LogP contribution in [0.4, 0.5) is 10.5 Å². The van der Waals surface area contributed by atoms with Crippen LogP contribution in [0.15, 0.2) is 30.5 Å². The fourth-order valence-corrected chi connectivity index (χ4v) is 2.89. The van der Waals surface area contributed by atoms with Gasteiger partial charge in [-0.1, -0.05) is 0 Å². The van der Waals surface area contributed by atoms with Crippen molar-refractivity contribution in [2.45, 2.75) is 12.5 Å². The Labute approximate surface area is 133 Å². The maximum atomic E-state index is 12.0. The molecule has 0 spiro atoms. The summed E-state index contributed by atoms with van der Waals surface area (Å²) < 4.78 is 0. The lowest BCUT2D eigenvalue weighted by Crippen LogP contribution is -2.30. The van der Waals surface area contributed by atoms with Gasteiger partial charge in [-0.3, -0.25) is 9.78 Å². The quantitative estimate of drug-likeness (QED) is 0.802. The van der Waals surface area contributed by atoms with Crippen LogP contribution in [-0.2, 0) is 0 Å². The van der Waals surface area contributed by atoms with Gasteiger partial charge >= 0.3 is 6.09 Å². The number of carbonyl (C=O) groups is 2. The largest absolute Gasteiger partial charge is 0.465 e. The molecule has 7 heteroatoms. The summed E-state index contributed by atoms with van der Waals surface area (Å²) in [4.78, 5) is 28.7. The zero-order valence-electron chi connectivity index (χ0n) is 12.7. The monoisotopic (exact) mass is 314 g/mol. The number of anilines is 1. The Morgan fingerprint density at radius 1 is 1.35 bits per heavy atom. The van der Waals surface area contributed by atoms with Gasteiger partial charge in [0, 0.05) is 43.4 Å². The van der Waals surface area contributed by atoms with Crippen LogP contribution >= 0.6 is 0 Å². The lowest BCUT2D eigenvalue weighted by molar-refractivity contribution is 0.0964. The van der Waals surface area contributed by atoms with Crippen molar-refractivity contribution in [3.63, 3.8) is 0 Å². The van der Waals surface area contributed by atoms with E-state index in [0.29, 0.717) is 24.2 Å². The van der Waals surface area contributed by atoms with Crippen LogP contribution in [0.1, 0.15) is 16.8 Å². The van der Waals surface area contributed by atoms with Crippen LogP contribution in [0, 0.1) is 0 Å². The number of aromatic nitrogens is 1. The molecule has 0 saturated carbocycles. The first-order chi connectivity index (χ1) is 11.1. The number of pyridine rings is 1. The minimum atomic E-state index is -0.893. The smallest absolute Gasteiger partial charge is 0.407 e. The average Bonchev–Trinajstić information content (AvgIpc) is 3.03. The molecular formula is C16H18N4O3. The normalized spacial score (nSPS) is 17.3. The summed E-state index contributed by atoms with van der Waals surface area (Å²) in [5.41, 5.74) is 2.01. The Morgan fingerprint density at radius 3 is 2.87 bits per heavy atom. The fraction of sp³-hybridized carbons (Fsp3) is 0.312. The number of carboxylic acid groups (broad SMARTS) is 1. The number of rotatable bonds is 3. The van der Waals surface area contributed by atoms with E-state index in [1.165, 1.54) is 4.90 Å². The molecule has 2 heterocycles. The third-order valence-corrected chi connectivity index (χ3v) is 4.06. The zero-order valence-corrected chi connectivity index (χ0v) is 12.7. The van der Waals surface area contributed by atoms with Gasteiger partial charge in [0.05, 0.1) is 11.1 Å². The molecule has 2 aromatic rings. The van der Waals surface area contributed by atoms with Gasteiger partial charge in [-0.05, 0) is 30.7 Å². The van der Waals surface area contributed by atoms with Crippen LogP contribution in [0.2, 0.25) is 0 Å². The zero-order chi connectivity index (χ0) is 16.4. The van der Waals surface area contributed by atoms with Crippen LogP contribution in [0.3, 0.4) is 0 Å². The maximum Gasteiger partial charge on any atom is 0.407 e. The lowest BCUT2D eigenvalue weighted by atomic mass is 10.1. The topological polar surface area (TPSA) is 94.6 Å². The summed E-state index contributed by atoms with van der Waals surface area (Å²) in [6.45, 7) is 0.980. The number of likely N-dealkylation sites (tertiary alicyclic amines) is 1. The summed E-state index contributed by atoms with van der Waals surface area (Å²) in [6, 6.07) is 7.36. The Bertz CT molecular complexity index is 762. The van der Waals surface area contributed by atoms with E-state index < -0.39 is 6.09 Å². The number of fused-ring (bicyclic) bond motifs is 1. The second kappa shape index (κ2) is 6.12. The first kappa shape index (κ1) is 15.1. The van der Waals surface area contributed by atoms with E-state index in [-0.39, 0.29) is 11.9 Å². The summed E-state index contributed by atoms with van der Waals surface area (Å²) in [5.74, 6) is -0.182. The van der Waals surface area contributed by atoms with Crippen molar-refractivity contribution >= 4 is 28.6 Å². The van der Waals surface area contributed by atoms with Crippen molar-refractivity contribution in [3.8, 4) is 0 Å². The molecule has 1 fully saturated rings. The second-order valence-electron chi connectivity index (χ2n) is 5.50. The molecule has 1 aromatic heterocycles. The van der Waals surface area contributed by atoms with Gasteiger partial charge in [0.15, 0.2) is 0 Å². The van der Waals surface area contributed by atoms with E-state index in [0.717, 1.165) is 17.5 Å². The molecule has 0 aliphatic carbocycles. The molecule has 0 bridgehead atoms. The summed E-state index contributed by atoms with van der Waals surface area (Å²) in [7, 11) is 1.59. The molecule has 23 heavy (non-hydrogen) atoms. The molecule has 1 aliphatic heterocycles. The van der Waals surface area contributed by atoms with E-state index in [1.54, 1.807) is 19.3 Å². The van der Waals surface area contributed by atoms with E-state index in [2.05, 4.69) is 15.6 Å². The van der Waals surface area contributed by atoms with Crippen LogP contribution < -0.4 is 10.6 Å². The third kappa shape index (κ3) is 2.90. The number of nitrogens with zero attached hydrogens (tertiary/aromatic N) is 2. The average molecular weight is 314 g/mol. The highest BCUT2D eigenvalue weighted by molar-refractivity contribution is 6.08. The predicted octanol–water partition coefficient (Wildman–Crippen LogP) is 1.76. The molecule has 2 amide bonds. The van der Waals surface area contributed by atoms with Gasteiger partial charge in [-0.2, -0.15) is 0 Å². The van der Waals surface area contributed by atoms with Crippen molar-refractivity contribution < 1.29 is 14.7 Å². The van der Waals surface area contributed by atoms with Gasteiger partial charge in [0.1, 0.15) is 0 Å². The molecule has 0 radical (unpaired) electrons. The number of nitrogens with one attached hydrogen (secondary N) is 2. The number of hydrogen-bond acceptors (Lipinski definition) is 4. The Morgan fingerprint density at radius 2 is 2.17 bits per heavy atom. The molecular weight excluding hydrogens is 296 g/mol. The highest BCUT2D eigenvalue weighted by atomic mass is 16.4. The fourth-order valence-electron chi connectivity index (χ4n) is 2.89. The number of benzene rings is 1. The first-order valence-corrected chi connectivity index (χ1v) is 7.44. The summed E-state index contributed by atoms with van der Waals surface area (Å²) in [6.07, 6.45) is 1.52. The van der Waals surface area contributed by atoms with Crippen LogP contribution in [0.25, 0.3) is 10.9 Å². The van der Waals surface area contributed by atoms with Crippen molar-refractivity contribution in [1.82, 2.24) is 15.2 Å². The number of hydrogen-bond donors (Lipinski definition) is 3. The Hall–Kier alpha value is -2.83. The van der Waals surface area contributed by atoms with Gasteiger partial charge < -0.3 is 20.6 Å². The van der Waals surface area contributed by atoms with Crippen LogP contribution in [-0.4, -0.2) is 53.2 Å². The van der Waals surface area contributed by atoms with Crippen molar-refractivity contribution in [1.29, 1.82) is 0 Å². The van der Waals surface area contributed by atoms with E-state index in [1.807, 2.05) is 18.2 Å². The third-order valence-electron chi connectivity index (χ3n) is 4.06. The molecule has 3 N–H and O–H groups in total. The standard InChI is InChI=1S/C16H18N4O3/c1-17-15(21)12-4-5-13(11-3-2-7-18-14(11)12)19-10-6-8-20(9-10)16(22)23/h2-5,7,10,19H,6,8-9H2,1H3,(H,17,21)(H,22,23). The molecule has 1 atom stereocenters. The molecule has 3 rings (SSSR count). The van der Waals surface area contributed by atoms with Crippen molar-refractivity contribution in [2.24, 2.45) is 0 Å². The van der Waals surface area contributed by atoms with Gasteiger partial charge in [-0.15, -0.1) is 0 Å². The highest BCUT2D eigenvalue weighted by Crippen LogP contribution is 2.27. The molecule has 1 saturated heterocycles. The van der Waals surface area contributed by atoms with E-state index in [9.17, 15) is 9.59 Å². The molecule has 120 valence electrons. The number of amides is 2. The summed E-state index contributed by atoms with van der Waals surface area (Å²) >= 11 is 0. The van der Waals surface area contributed by atoms with E-state index in [4.69, 9.17) is 5.11 Å². The van der Waals surface area contributed by atoms with Crippen molar-refractivity contribution in [2.75, 3.05) is 25.5 Å². The minimum Gasteiger partial charge on any atom is -0.465 e. The van der Waals surface area contributed by atoms with Gasteiger partial charge in [0.25, 0.3) is 5.91 Å².